The highest BCUT2D eigenvalue weighted by Gasteiger charge is 1.92. The van der Waals surface area contributed by atoms with Crippen molar-refractivity contribution in [1.82, 2.24) is 4.98 Å². The van der Waals surface area contributed by atoms with E-state index in [1.54, 1.807) is 7.11 Å². The smallest absolute Gasteiger partial charge is 0.0470 e. The van der Waals surface area contributed by atoms with Crippen molar-refractivity contribution in [3.63, 3.8) is 0 Å². The zero-order valence-electron chi connectivity index (χ0n) is 6.67. The molecule has 0 saturated carbocycles. The number of rotatable bonds is 5. The third-order valence-electron chi connectivity index (χ3n) is 1.33. The number of hydrogen-bond acceptors (Lipinski definition) is 2. The molecule has 0 spiro atoms. The molecular formula is C8H13NOS. The predicted molar refractivity (Wildman–Crippen MR) is 48.0 cm³/mol. The summed E-state index contributed by atoms with van der Waals surface area (Å²) in [7, 11) is 1.74. The Morgan fingerprint density at radius 3 is 3.18 bits per heavy atom. The molecule has 0 amide bonds. The number of H-pyrrole nitrogens is 1. The molecule has 0 unspecified atom stereocenters. The van der Waals surface area contributed by atoms with Crippen molar-refractivity contribution in [1.29, 1.82) is 0 Å². The molecule has 0 saturated heterocycles. The fourth-order valence-corrected chi connectivity index (χ4v) is 1.61. The lowest BCUT2D eigenvalue weighted by atomic mass is 10.5. The van der Waals surface area contributed by atoms with Crippen molar-refractivity contribution in [3.8, 4) is 0 Å². The maximum absolute atomic E-state index is 4.94. The Morgan fingerprint density at radius 2 is 2.55 bits per heavy atom. The van der Waals surface area contributed by atoms with Crippen molar-refractivity contribution in [2.24, 2.45) is 0 Å². The van der Waals surface area contributed by atoms with Crippen LogP contribution in [0.15, 0.2) is 23.4 Å². The van der Waals surface area contributed by atoms with Crippen LogP contribution in [0, 0.1) is 0 Å². The van der Waals surface area contributed by atoms with Gasteiger partial charge in [-0.25, -0.2) is 0 Å². The Bertz CT molecular complexity index is 174. The summed E-state index contributed by atoms with van der Waals surface area (Å²) in [5.41, 5.74) is 0. The number of aromatic nitrogens is 1. The van der Waals surface area contributed by atoms with Crippen molar-refractivity contribution < 1.29 is 4.74 Å². The molecule has 0 aliphatic carbocycles. The molecule has 2 nitrogen and oxygen atoms in total. The molecule has 11 heavy (non-hydrogen) atoms. The Balaban J connectivity index is 2.04. The first kappa shape index (κ1) is 8.68. The molecule has 0 bridgehead atoms. The highest BCUT2D eigenvalue weighted by molar-refractivity contribution is 7.99. The fraction of sp³-hybridized carbons (Fsp3) is 0.500. The number of hydrogen-bond donors (Lipinski definition) is 1. The Morgan fingerprint density at radius 1 is 1.64 bits per heavy atom. The van der Waals surface area contributed by atoms with Crippen LogP contribution in [0.3, 0.4) is 0 Å². The summed E-state index contributed by atoms with van der Waals surface area (Å²) < 4.78 is 4.94. The Kier molecular flexibility index (Phi) is 4.16. The van der Waals surface area contributed by atoms with E-state index in [1.807, 2.05) is 24.2 Å². The van der Waals surface area contributed by atoms with Crippen LogP contribution in [-0.2, 0) is 4.74 Å². The van der Waals surface area contributed by atoms with Crippen molar-refractivity contribution >= 4 is 11.8 Å². The van der Waals surface area contributed by atoms with E-state index in [1.165, 1.54) is 4.90 Å². The zero-order chi connectivity index (χ0) is 7.94. The minimum atomic E-state index is 0.859. The van der Waals surface area contributed by atoms with Gasteiger partial charge >= 0.3 is 0 Å². The second-order valence-corrected chi connectivity index (χ2v) is 3.41. The number of aromatic amines is 1. The van der Waals surface area contributed by atoms with Gasteiger partial charge in [0, 0.05) is 36.8 Å². The number of thioether (sulfide) groups is 1. The van der Waals surface area contributed by atoms with Gasteiger partial charge in [0.2, 0.25) is 0 Å². The highest BCUT2D eigenvalue weighted by atomic mass is 32.2. The third kappa shape index (κ3) is 3.49. The lowest BCUT2D eigenvalue weighted by Gasteiger charge is -1.96. The first-order valence-corrected chi connectivity index (χ1v) is 4.66. The number of ether oxygens (including phenoxy) is 1. The topological polar surface area (TPSA) is 25.0 Å². The monoisotopic (exact) mass is 171 g/mol. The second kappa shape index (κ2) is 5.27. The van der Waals surface area contributed by atoms with Gasteiger partial charge in [-0.05, 0) is 12.5 Å². The molecule has 1 aromatic rings. The molecule has 1 heterocycles. The zero-order valence-corrected chi connectivity index (χ0v) is 7.49. The van der Waals surface area contributed by atoms with Crippen LogP contribution in [0.25, 0.3) is 0 Å². The molecule has 0 aliphatic rings. The van der Waals surface area contributed by atoms with Crippen LogP contribution in [0.2, 0.25) is 0 Å². The summed E-state index contributed by atoms with van der Waals surface area (Å²) in [6.07, 6.45) is 5.07. The summed E-state index contributed by atoms with van der Waals surface area (Å²) >= 11 is 1.86. The van der Waals surface area contributed by atoms with Crippen LogP contribution in [0.4, 0.5) is 0 Å². The van der Waals surface area contributed by atoms with Gasteiger partial charge in [-0.3, -0.25) is 0 Å². The molecule has 0 fully saturated rings. The minimum absolute atomic E-state index is 0.859. The fourth-order valence-electron chi connectivity index (χ4n) is 0.792. The van der Waals surface area contributed by atoms with Crippen LogP contribution >= 0.6 is 11.8 Å². The average molecular weight is 171 g/mol. The molecule has 0 aromatic carbocycles. The molecule has 1 rings (SSSR count). The molecule has 0 atom stereocenters. The van der Waals surface area contributed by atoms with Crippen LogP contribution < -0.4 is 0 Å². The van der Waals surface area contributed by atoms with E-state index in [2.05, 4.69) is 11.1 Å². The van der Waals surface area contributed by atoms with E-state index in [0.717, 1.165) is 18.8 Å². The van der Waals surface area contributed by atoms with Gasteiger partial charge in [0.1, 0.15) is 0 Å². The predicted octanol–water partition coefficient (Wildman–Crippen LogP) is 2.14. The lowest BCUT2D eigenvalue weighted by molar-refractivity contribution is 0.200. The molecule has 3 heteroatoms. The third-order valence-corrected chi connectivity index (χ3v) is 2.41. The number of nitrogens with one attached hydrogen (secondary N) is 1. The van der Waals surface area contributed by atoms with Crippen LogP contribution in [0.1, 0.15) is 6.42 Å². The van der Waals surface area contributed by atoms with E-state index in [0.29, 0.717) is 0 Å². The highest BCUT2D eigenvalue weighted by Crippen LogP contribution is 2.16. The maximum Gasteiger partial charge on any atom is 0.0470 e. The van der Waals surface area contributed by atoms with E-state index in [9.17, 15) is 0 Å². The van der Waals surface area contributed by atoms with Crippen molar-refractivity contribution in [3.05, 3.63) is 18.5 Å². The second-order valence-electron chi connectivity index (χ2n) is 2.24. The molecular weight excluding hydrogens is 158 g/mol. The van der Waals surface area contributed by atoms with Crippen molar-refractivity contribution in [2.75, 3.05) is 19.5 Å². The van der Waals surface area contributed by atoms with Gasteiger partial charge in [-0.1, -0.05) is 0 Å². The largest absolute Gasteiger partial charge is 0.385 e. The minimum Gasteiger partial charge on any atom is -0.385 e. The number of methoxy groups -OCH3 is 1. The summed E-state index contributed by atoms with van der Waals surface area (Å²) in [5, 5.41) is 0. The summed E-state index contributed by atoms with van der Waals surface area (Å²) in [6, 6.07) is 2.08. The van der Waals surface area contributed by atoms with Gasteiger partial charge in [-0.2, -0.15) is 0 Å². The first-order chi connectivity index (χ1) is 5.43. The molecule has 62 valence electrons. The Labute approximate surface area is 71.3 Å². The summed E-state index contributed by atoms with van der Waals surface area (Å²) in [6.45, 7) is 0.859. The molecule has 1 N–H and O–H groups in total. The van der Waals surface area contributed by atoms with Gasteiger partial charge in [0.15, 0.2) is 0 Å². The van der Waals surface area contributed by atoms with Gasteiger partial charge < -0.3 is 9.72 Å². The molecule has 1 aromatic heterocycles. The van der Waals surface area contributed by atoms with Gasteiger partial charge in [0.05, 0.1) is 0 Å². The Hall–Kier alpha value is -0.410. The van der Waals surface area contributed by atoms with Crippen LogP contribution in [0.5, 0.6) is 0 Å². The van der Waals surface area contributed by atoms with Gasteiger partial charge in [-0.15, -0.1) is 11.8 Å². The summed E-state index contributed by atoms with van der Waals surface area (Å²) in [5.74, 6) is 1.13. The van der Waals surface area contributed by atoms with E-state index >= 15 is 0 Å². The molecule has 0 aliphatic heterocycles. The SMILES string of the molecule is COCCCSc1cc[nH]c1. The first-order valence-electron chi connectivity index (χ1n) is 3.68. The van der Waals surface area contributed by atoms with E-state index in [-0.39, 0.29) is 0 Å². The normalized spacial score (nSPS) is 10.3. The van der Waals surface area contributed by atoms with E-state index < -0.39 is 0 Å². The van der Waals surface area contributed by atoms with Gasteiger partial charge in [0.25, 0.3) is 0 Å². The molecule has 0 radical (unpaired) electrons. The average Bonchev–Trinajstić information content (AvgIpc) is 2.50. The maximum atomic E-state index is 4.94. The summed E-state index contributed by atoms with van der Waals surface area (Å²) in [4.78, 5) is 4.33. The quantitative estimate of drug-likeness (QED) is 0.542. The van der Waals surface area contributed by atoms with Crippen molar-refractivity contribution in [2.45, 2.75) is 11.3 Å². The standard InChI is InChI=1S/C8H13NOS/c1-10-5-2-6-11-8-3-4-9-7-8/h3-4,7,9H,2,5-6H2,1H3. The van der Waals surface area contributed by atoms with Crippen LogP contribution in [-0.4, -0.2) is 24.5 Å². The van der Waals surface area contributed by atoms with E-state index in [4.69, 9.17) is 4.74 Å². The lowest BCUT2D eigenvalue weighted by Crippen LogP contribution is -1.89.